The Morgan fingerprint density at radius 1 is 1.05 bits per heavy atom. The molecule has 0 bridgehead atoms. The van der Waals surface area contributed by atoms with Crippen LogP contribution in [0.4, 0.5) is 5.69 Å². The maximum absolute atomic E-state index is 5.86. The first-order valence-corrected chi connectivity index (χ1v) is 7.22. The highest BCUT2D eigenvalue weighted by Crippen LogP contribution is 2.30. The predicted molar refractivity (Wildman–Crippen MR) is 85.9 cm³/mol. The standard InChI is InChI=1S/C15H16INO2/c1-2-9-18-15-10-13(7-8-14(15)17)19-12-5-3-11(16)4-6-12/h3-8,10H,2,9,17H2,1H3. The van der Waals surface area contributed by atoms with Crippen LogP contribution in [0.1, 0.15) is 13.3 Å². The van der Waals surface area contributed by atoms with Gasteiger partial charge in [0.1, 0.15) is 17.2 Å². The fourth-order valence-corrected chi connectivity index (χ4v) is 1.91. The molecule has 0 fully saturated rings. The lowest BCUT2D eigenvalue weighted by Gasteiger charge is -2.11. The Hall–Kier alpha value is -1.43. The molecule has 2 rings (SSSR count). The van der Waals surface area contributed by atoms with E-state index in [2.05, 4.69) is 29.5 Å². The summed E-state index contributed by atoms with van der Waals surface area (Å²) in [6.45, 7) is 2.71. The number of ether oxygens (including phenoxy) is 2. The van der Waals surface area contributed by atoms with Crippen molar-refractivity contribution in [2.45, 2.75) is 13.3 Å². The molecule has 0 saturated heterocycles. The first-order valence-electron chi connectivity index (χ1n) is 6.15. The molecule has 0 aromatic heterocycles. The number of benzene rings is 2. The van der Waals surface area contributed by atoms with Gasteiger partial charge in [0.15, 0.2) is 0 Å². The van der Waals surface area contributed by atoms with E-state index >= 15 is 0 Å². The second kappa shape index (κ2) is 6.65. The van der Waals surface area contributed by atoms with E-state index < -0.39 is 0 Å². The molecular formula is C15H16INO2. The molecule has 3 nitrogen and oxygen atoms in total. The summed E-state index contributed by atoms with van der Waals surface area (Å²) in [5.74, 6) is 2.19. The normalized spacial score (nSPS) is 10.2. The van der Waals surface area contributed by atoms with Crippen molar-refractivity contribution in [3.63, 3.8) is 0 Å². The number of nitrogen functional groups attached to an aromatic ring is 1. The summed E-state index contributed by atoms with van der Waals surface area (Å²) in [6, 6.07) is 13.3. The molecule has 0 aliphatic heterocycles. The largest absolute Gasteiger partial charge is 0.491 e. The highest BCUT2D eigenvalue weighted by atomic mass is 127. The summed E-state index contributed by atoms with van der Waals surface area (Å²) in [5.41, 5.74) is 6.49. The summed E-state index contributed by atoms with van der Waals surface area (Å²) in [7, 11) is 0. The van der Waals surface area contributed by atoms with Crippen molar-refractivity contribution in [2.24, 2.45) is 0 Å². The van der Waals surface area contributed by atoms with E-state index in [1.807, 2.05) is 36.4 Å². The molecule has 0 atom stereocenters. The Bertz CT molecular complexity index is 540. The van der Waals surface area contributed by atoms with Gasteiger partial charge in [0.05, 0.1) is 12.3 Å². The lowest BCUT2D eigenvalue weighted by atomic mass is 10.2. The average molecular weight is 369 g/mol. The summed E-state index contributed by atoms with van der Waals surface area (Å²) in [5, 5.41) is 0. The first kappa shape index (κ1) is 14.0. The average Bonchev–Trinajstić information content (AvgIpc) is 2.42. The fraction of sp³-hybridized carbons (Fsp3) is 0.200. The van der Waals surface area contributed by atoms with Gasteiger partial charge in [0, 0.05) is 9.64 Å². The van der Waals surface area contributed by atoms with Crippen LogP contribution in [-0.2, 0) is 0 Å². The van der Waals surface area contributed by atoms with Gasteiger partial charge < -0.3 is 15.2 Å². The second-order valence-electron chi connectivity index (χ2n) is 4.10. The minimum absolute atomic E-state index is 0.628. The third-order valence-electron chi connectivity index (χ3n) is 2.50. The van der Waals surface area contributed by atoms with Gasteiger partial charge in [-0.1, -0.05) is 6.92 Å². The van der Waals surface area contributed by atoms with Gasteiger partial charge >= 0.3 is 0 Å². The Balaban J connectivity index is 2.14. The molecule has 0 aliphatic carbocycles. The predicted octanol–water partition coefficient (Wildman–Crippen LogP) is 4.45. The van der Waals surface area contributed by atoms with E-state index in [-0.39, 0.29) is 0 Å². The molecule has 4 heteroatoms. The SMILES string of the molecule is CCCOc1cc(Oc2ccc(I)cc2)ccc1N. The molecule has 0 spiro atoms. The zero-order valence-corrected chi connectivity index (χ0v) is 12.9. The molecule has 2 aromatic carbocycles. The van der Waals surface area contributed by atoms with Crippen molar-refractivity contribution in [2.75, 3.05) is 12.3 Å². The third-order valence-corrected chi connectivity index (χ3v) is 3.22. The van der Waals surface area contributed by atoms with Crippen molar-refractivity contribution in [1.29, 1.82) is 0 Å². The first-order chi connectivity index (χ1) is 9.19. The van der Waals surface area contributed by atoms with Gasteiger partial charge in [-0.2, -0.15) is 0 Å². The molecule has 0 saturated carbocycles. The smallest absolute Gasteiger partial charge is 0.145 e. The molecule has 100 valence electrons. The van der Waals surface area contributed by atoms with Crippen molar-refractivity contribution in [1.82, 2.24) is 0 Å². The Labute approximate surface area is 126 Å². The van der Waals surface area contributed by atoms with Gasteiger partial charge in [-0.3, -0.25) is 0 Å². The fourth-order valence-electron chi connectivity index (χ4n) is 1.55. The van der Waals surface area contributed by atoms with Gasteiger partial charge in [0.2, 0.25) is 0 Å². The molecule has 0 unspecified atom stereocenters. The lowest BCUT2D eigenvalue weighted by Crippen LogP contribution is -1.99. The maximum Gasteiger partial charge on any atom is 0.145 e. The molecule has 2 N–H and O–H groups in total. The van der Waals surface area contributed by atoms with Crippen LogP contribution in [0, 0.1) is 3.57 Å². The highest BCUT2D eigenvalue weighted by Gasteiger charge is 2.04. The van der Waals surface area contributed by atoms with Crippen LogP contribution in [0.15, 0.2) is 42.5 Å². The number of halogens is 1. The number of rotatable bonds is 5. The summed E-state index contributed by atoms with van der Waals surface area (Å²) in [6.07, 6.45) is 0.946. The van der Waals surface area contributed by atoms with Crippen LogP contribution in [0.2, 0.25) is 0 Å². The summed E-state index contributed by atoms with van der Waals surface area (Å²) in [4.78, 5) is 0. The maximum atomic E-state index is 5.86. The van der Waals surface area contributed by atoms with E-state index in [0.29, 0.717) is 18.0 Å². The van der Waals surface area contributed by atoms with Crippen LogP contribution in [0.5, 0.6) is 17.2 Å². The van der Waals surface area contributed by atoms with Gasteiger partial charge in [-0.05, 0) is 65.4 Å². The molecule has 0 radical (unpaired) electrons. The quantitative estimate of drug-likeness (QED) is 0.626. The lowest BCUT2D eigenvalue weighted by molar-refractivity contribution is 0.317. The van der Waals surface area contributed by atoms with Crippen LogP contribution in [0.25, 0.3) is 0 Å². The monoisotopic (exact) mass is 369 g/mol. The van der Waals surface area contributed by atoms with Crippen LogP contribution in [-0.4, -0.2) is 6.61 Å². The van der Waals surface area contributed by atoms with Crippen LogP contribution in [0.3, 0.4) is 0 Å². The number of hydrogen-bond acceptors (Lipinski definition) is 3. The third kappa shape index (κ3) is 4.02. The van der Waals surface area contributed by atoms with Crippen molar-refractivity contribution < 1.29 is 9.47 Å². The minimum atomic E-state index is 0.628. The van der Waals surface area contributed by atoms with Crippen LogP contribution < -0.4 is 15.2 Å². The van der Waals surface area contributed by atoms with Gasteiger partial charge in [-0.15, -0.1) is 0 Å². The van der Waals surface area contributed by atoms with Crippen molar-refractivity contribution >= 4 is 28.3 Å². The van der Waals surface area contributed by atoms with E-state index in [0.717, 1.165) is 17.9 Å². The van der Waals surface area contributed by atoms with Crippen molar-refractivity contribution in [3.8, 4) is 17.2 Å². The van der Waals surface area contributed by atoms with E-state index in [1.165, 1.54) is 3.57 Å². The van der Waals surface area contributed by atoms with E-state index in [1.54, 1.807) is 6.07 Å². The van der Waals surface area contributed by atoms with E-state index in [9.17, 15) is 0 Å². The number of anilines is 1. The highest BCUT2D eigenvalue weighted by molar-refractivity contribution is 14.1. The Morgan fingerprint density at radius 3 is 2.42 bits per heavy atom. The molecule has 2 aromatic rings. The van der Waals surface area contributed by atoms with Gasteiger partial charge in [0.25, 0.3) is 0 Å². The van der Waals surface area contributed by atoms with Gasteiger partial charge in [-0.25, -0.2) is 0 Å². The molecular weight excluding hydrogens is 353 g/mol. The molecule has 0 aliphatic rings. The topological polar surface area (TPSA) is 44.5 Å². The van der Waals surface area contributed by atoms with Crippen LogP contribution >= 0.6 is 22.6 Å². The molecule has 0 amide bonds. The summed E-state index contributed by atoms with van der Waals surface area (Å²) >= 11 is 2.26. The second-order valence-corrected chi connectivity index (χ2v) is 5.35. The van der Waals surface area contributed by atoms with Crippen molar-refractivity contribution in [3.05, 3.63) is 46.0 Å². The Morgan fingerprint density at radius 2 is 1.74 bits per heavy atom. The Kier molecular flexibility index (Phi) is 4.90. The van der Waals surface area contributed by atoms with E-state index in [4.69, 9.17) is 15.2 Å². The molecule has 0 heterocycles. The molecule has 19 heavy (non-hydrogen) atoms. The zero-order chi connectivity index (χ0) is 13.7. The number of nitrogens with two attached hydrogens (primary N) is 1. The number of hydrogen-bond donors (Lipinski definition) is 1. The minimum Gasteiger partial charge on any atom is -0.491 e. The summed E-state index contributed by atoms with van der Waals surface area (Å²) < 4.78 is 12.5. The zero-order valence-electron chi connectivity index (χ0n) is 10.7.